The third-order valence-electron chi connectivity index (χ3n) is 3.67. The molecule has 1 aliphatic rings. The highest BCUT2D eigenvalue weighted by Crippen LogP contribution is 2.36. The Kier molecular flexibility index (Phi) is 3.25. The molecule has 0 aromatic heterocycles. The minimum absolute atomic E-state index is 0.249. The zero-order chi connectivity index (χ0) is 15.0. The predicted molar refractivity (Wildman–Crippen MR) is 82.1 cm³/mol. The summed E-state index contributed by atoms with van der Waals surface area (Å²) in [4.78, 5) is 0.249. The summed E-state index contributed by atoms with van der Waals surface area (Å²) in [5, 5.41) is 0. The summed E-state index contributed by atoms with van der Waals surface area (Å²) in [7, 11) is -2.03. The normalized spacial score (nSPS) is 14.0. The van der Waals surface area contributed by atoms with Crippen LogP contribution in [0.4, 0.5) is 11.4 Å². The highest BCUT2D eigenvalue weighted by atomic mass is 32.2. The number of nitrogen functional groups attached to an aromatic ring is 1. The molecule has 5 nitrogen and oxygen atoms in total. The van der Waals surface area contributed by atoms with Gasteiger partial charge in [-0.2, -0.15) is 0 Å². The molecule has 1 heterocycles. The molecule has 2 aromatic rings. The van der Waals surface area contributed by atoms with Gasteiger partial charge in [-0.05, 0) is 42.8 Å². The minimum atomic E-state index is -3.57. The van der Waals surface area contributed by atoms with Crippen molar-refractivity contribution in [1.29, 1.82) is 0 Å². The van der Waals surface area contributed by atoms with Crippen LogP contribution in [0.3, 0.4) is 0 Å². The molecule has 110 valence electrons. The van der Waals surface area contributed by atoms with Crippen molar-refractivity contribution in [2.75, 3.05) is 23.7 Å². The van der Waals surface area contributed by atoms with E-state index in [2.05, 4.69) is 0 Å². The van der Waals surface area contributed by atoms with Gasteiger partial charge in [-0.25, -0.2) is 8.42 Å². The number of fused-ring (bicyclic) bond motifs is 1. The summed E-state index contributed by atoms with van der Waals surface area (Å²) < 4.78 is 32.0. The fourth-order valence-corrected chi connectivity index (χ4v) is 4.05. The van der Waals surface area contributed by atoms with Crippen LogP contribution >= 0.6 is 0 Å². The van der Waals surface area contributed by atoms with Gasteiger partial charge in [0.1, 0.15) is 5.75 Å². The number of hydrogen-bond donors (Lipinski definition) is 1. The van der Waals surface area contributed by atoms with Gasteiger partial charge < -0.3 is 10.5 Å². The molecule has 0 fully saturated rings. The lowest BCUT2D eigenvalue weighted by atomic mass is 10.1. The van der Waals surface area contributed by atoms with E-state index in [1.807, 2.05) is 0 Å². The maximum Gasteiger partial charge on any atom is 0.264 e. The quantitative estimate of drug-likeness (QED) is 0.881. The maximum absolute atomic E-state index is 12.8. The van der Waals surface area contributed by atoms with E-state index in [9.17, 15) is 8.42 Å². The van der Waals surface area contributed by atoms with E-state index < -0.39 is 10.0 Å². The Balaban J connectivity index is 2.02. The summed E-state index contributed by atoms with van der Waals surface area (Å²) in [5.74, 6) is 0.625. The van der Waals surface area contributed by atoms with Gasteiger partial charge >= 0.3 is 0 Å². The summed E-state index contributed by atoms with van der Waals surface area (Å²) in [6.45, 7) is 0.415. The number of nitrogens with zero attached hydrogens (tertiary/aromatic N) is 1. The highest BCUT2D eigenvalue weighted by Gasteiger charge is 2.31. The first-order chi connectivity index (χ1) is 10.0. The average Bonchev–Trinajstić information content (AvgIpc) is 2.93. The third-order valence-corrected chi connectivity index (χ3v) is 5.50. The summed E-state index contributed by atoms with van der Waals surface area (Å²) in [5.41, 5.74) is 8.12. The monoisotopic (exact) mass is 304 g/mol. The molecule has 21 heavy (non-hydrogen) atoms. The highest BCUT2D eigenvalue weighted by molar-refractivity contribution is 7.92. The van der Waals surface area contributed by atoms with Crippen molar-refractivity contribution in [1.82, 2.24) is 0 Å². The first-order valence-corrected chi connectivity index (χ1v) is 8.02. The van der Waals surface area contributed by atoms with Gasteiger partial charge in [0.25, 0.3) is 10.0 Å². The Hall–Kier alpha value is -2.21. The van der Waals surface area contributed by atoms with Crippen molar-refractivity contribution in [3.63, 3.8) is 0 Å². The van der Waals surface area contributed by atoms with Crippen LogP contribution in [0, 0.1) is 0 Å². The average molecular weight is 304 g/mol. The molecule has 0 unspecified atom stereocenters. The number of nitrogens with two attached hydrogens (primary N) is 1. The van der Waals surface area contributed by atoms with Gasteiger partial charge in [0.15, 0.2) is 0 Å². The van der Waals surface area contributed by atoms with Crippen LogP contribution in [0.2, 0.25) is 0 Å². The van der Waals surface area contributed by atoms with Crippen molar-refractivity contribution in [3.05, 3.63) is 48.0 Å². The van der Waals surface area contributed by atoms with E-state index in [-0.39, 0.29) is 4.90 Å². The van der Waals surface area contributed by atoms with E-state index >= 15 is 0 Å². The van der Waals surface area contributed by atoms with Crippen LogP contribution in [-0.2, 0) is 16.4 Å². The van der Waals surface area contributed by atoms with Crippen LogP contribution in [0.5, 0.6) is 5.75 Å². The first-order valence-electron chi connectivity index (χ1n) is 6.58. The van der Waals surface area contributed by atoms with Crippen LogP contribution < -0.4 is 14.8 Å². The third kappa shape index (κ3) is 2.21. The summed E-state index contributed by atoms with van der Waals surface area (Å²) in [6, 6.07) is 11.8. The minimum Gasteiger partial charge on any atom is -0.497 e. The molecular weight excluding hydrogens is 288 g/mol. The summed E-state index contributed by atoms with van der Waals surface area (Å²) >= 11 is 0. The van der Waals surface area contributed by atoms with Gasteiger partial charge in [0, 0.05) is 17.8 Å². The van der Waals surface area contributed by atoms with Crippen LogP contribution in [0.25, 0.3) is 0 Å². The Bertz CT molecular complexity index is 770. The topological polar surface area (TPSA) is 72.6 Å². The van der Waals surface area contributed by atoms with Crippen molar-refractivity contribution in [2.24, 2.45) is 0 Å². The molecule has 6 heteroatoms. The van der Waals surface area contributed by atoms with E-state index in [0.717, 1.165) is 5.56 Å². The lowest BCUT2D eigenvalue weighted by Gasteiger charge is -2.19. The fourth-order valence-electron chi connectivity index (χ4n) is 2.56. The van der Waals surface area contributed by atoms with Gasteiger partial charge in [0.05, 0.1) is 17.7 Å². The zero-order valence-corrected chi connectivity index (χ0v) is 12.4. The molecule has 0 saturated heterocycles. The molecule has 2 N–H and O–H groups in total. The lowest BCUT2D eigenvalue weighted by molar-refractivity contribution is 0.414. The van der Waals surface area contributed by atoms with Crippen LogP contribution in [0.15, 0.2) is 47.4 Å². The molecule has 0 aliphatic carbocycles. The Labute approximate surface area is 124 Å². The maximum atomic E-state index is 12.8. The second-order valence-corrected chi connectivity index (χ2v) is 6.71. The zero-order valence-electron chi connectivity index (χ0n) is 11.6. The fraction of sp³-hybridized carbons (Fsp3) is 0.200. The van der Waals surface area contributed by atoms with Crippen molar-refractivity contribution in [2.45, 2.75) is 11.3 Å². The first kappa shape index (κ1) is 13.8. The summed E-state index contributed by atoms with van der Waals surface area (Å²) in [6.07, 6.45) is 0.636. The van der Waals surface area contributed by atoms with Crippen molar-refractivity contribution in [3.8, 4) is 5.75 Å². The second-order valence-electron chi connectivity index (χ2n) is 4.85. The molecule has 2 aromatic carbocycles. The van der Waals surface area contributed by atoms with Gasteiger partial charge in [-0.1, -0.05) is 6.07 Å². The molecule has 0 amide bonds. The number of anilines is 2. The Morgan fingerprint density at radius 2 is 1.86 bits per heavy atom. The van der Waals surface area contributed by atoms with Crippen LogP contribution in [-0.4, -0.2) is 22.1 Å². The van der Waals surface area contributed by atoms with E-state index in [1.54, 1.807) is 49.6 Å². The van der Waals surface area contributed by atoms with Gasteiger partial charge in [-0.15, -0.1) is 0 Å². The number of rotatable bonds is 3. The number of benzene rings is 2. The lowest BCUT2D eigenvalue weighted by Crippen LogP contribution is -2.29. The van der Waals surface area contributed by atoms with E-state index in [1.165, 1.54) is 4.31 Å². The molecule has 0 radical (unpaired) electrons. The molecular formula is C15H16N2O3S. The van der Waals surface area contributed by atoms with Crippen LogP contribution in [0.1, 0.15) is 5.56 Å². The molecule has 0 saturated carbocycles. The number of methoxy groups -OCH3 is 1. The Morgan fingerprint density at radius 3 is 2.52 bits per heavy atom. The largest absolute Gasteiger partial charge is 0.497 e. The SMILES string of the molecule is COc1ccc(S(=O)(=O)N2CCc3c(N)cccc32)cc1. The molecule has 1 aliphatic heterocycles. The van der Waals surface area contributed by atoms with Crippen molar-refractivity contribution >= 4 is 21.4 Å². The van der Waals surface area contributed by atoms with E-state index in [0.29, 0.717) is 30.1 Å². The number of ether oxygens (including phenoxy) is 1. The molecule has 0 spiro atoms. The van der Waals surface area contributed by atoms with Gasteiger partial charge in [-0.3, -0.25) is 4.31 Å². The molecule has 0 bridgehead atoms. The van der Waals surface area contributed by atoms with Crippen molar-refractivity contribution < 1.29 is 13.2 Å². The Morgan fingerprint density at radius 1 is 1.14 bits per heavy atom. The number of sulfonamides is 1. The molecule has 3 rings (SSSR count). The number of hydrogen-bond acceptors (Lipinski definition) is 4. The standard InChI is InChI=1S/C15H16N2O3S/c1-20-11-5-7-12(8-6-11)21(18,19)17-10-9-13-14(16)3-2-4-15(13)17/h2-8H,9-10,16H2,1H3. The molecule has 0 atom stereocenters. The predicted octanol–water partition coefficient (Wildman–Crippen LogP) is 2.03. The smallest absolute Gasteiger partial charge is 0.264 e. The van der Waals surface area contributed by atoms with E-state index in [4.69, 9.17) is 10.5 Å². The second kappa shape index (κ2) is 4.96. The van der Waals surface area contributed by atoms with Gasteiger partial charge in [0.2, 0.25) is 0 Å².